The molecule has 1 N–H and O–H groups in total. The molecule has 2 aliphatic rings. The second-order valence-corrected chi connectivity index (χ2v) is 5.76. The lowest BCUT2D eigenvalue weighted by Crippen LogP contribution is -2.33. The molecule has 0 radical (unpaired) electrons. The number of carbonyl (C=O) groups is 1. The molecule has 0 unspecified atom stereocenters. The predicted molar refractivity (Wildman–Crippen MR) is 68.6 cm³/mol. The Labute approximate surface area is 103 Å². The monoisotopic (exact) mass is 234 g/mol. The lowest BCUT2D eigenvalue weighted by Gasteiger charge is -2.42. The van der Waals surface area contributed by atoms with E-state index < -0.39 is 5.97 Å². The lowest BCUT2D eigenvalue weighted by atomic mass is 9.63. The number of allylic oxidation sites excluding steroid dienone is 3. The average molecular weight is 234 g/mol. The Morgan fingerprint density at radius 2 is 2.06 bits per heavy atom. The van der Waals surface area contributed by atoms with Gasteiger partial charge in [0.15, 0.2) is 0 Å². The van der Waals surface area contributed by atoms with E-state index in [0.29, 0.717) is 23.7 Å². The maximum atomic E-state index is 10.7. The van der Waals surface area contributed by atoms with Crippen molar-refractivity contribution in [1.29, 1.82) is 0 Å². The summed E-state index contributed by atoms with van der Waals surface area (Å²) < 4.78 is 0. The van der Waals surface area contributed by atoms with Gasteiger partial charge in [-0.2, -0.15) is 0 Å². The molecule has 1 saturated carbocycles. The molecule has 0 spiro atoms. The fraction of sp³-hybridized carbons (Fsp3) is 0.667. The normalized spacial score (nSPS) is 41.4. The molecule has 2 nitrogen and oxygen atoms in total. The first-order chi connectivity index (χ1) is 8.08. The number of carboxylic acids is 1. The van der Waals surface area contributed by atoms with Gasteiger partial charge in [-0.3, -0.25) is 0 Å². The second kappa shape index (κ2) is 5.07. The molecule has 0 amide bonds. The molecule has 2 heteroatoms. The van der Waals surface area contributed by atoms with Crippen LogP contribution < -0.4 is 0 Å². The van der Waals surface area contributed by atoms with Gasteiger partial charge >= 0.3 is 5.97 Å². The van der Waals surface area contributed by atoms with Crippen LogP contribution in [0.15, 0.2) is 24.3 Å². The van der Waals surface area contributed by atoms with Crippen molar-refractivity contribution in [2.24, 2.45) is 29.6 Å². The van der Waals surface area contributed by atoms with Crippen LogP contribution in [0.5, 0.6) is 0 Å². The van der Waals surface area contributed by atoms with Crippen LogP contribution in [-0.2, 0) is 4.79 Å². The number of aliphatic carboxylic acids is 1. The molecule has 5 atom stereocenters. The van der Waals surface area contributed by atoms with Crippen molar-refractivity contribution in [3.63, 3.8) is 0 Å². The topological polar surface area (TPSA) is 37.3 Å². The van der Waals surface area contributed by atoms with Gasteiger partial charge in [-0.25, -0.2) is 4.79 Å². The van der Waals surface area contributed by atoms with Crippen LogP contribution in [0.25, 0.3) is 0 Å². The molecule has 0 heterocycles. The molecule has 17 heavy (non-hydrogen) atoms. The van der Waals surface area contributed by atoms with Crippen LogP contribution in [-0.4, -0.2) is 11.1 Å². The summed E-state index contributed by atoms with van der Waals surface area (Å²) in [7, 11) is 0. The van der Waals surface area contributed by atoms with Crippen molar-refractivity contribution >= 4 is 5.97 Å². The van der Waals surface area contributed by atoms with E-state index in [2.05, 4.69) is 26.0 Å². The fourth-order valence-corrected chi connectivity index (χ4v) is 3.50. The Morgan fingerprint density at radius 3 is 2.76 bits per heavy atom. The maximum Gasteiger partial charge on any atom is 0.327 e. The summed E-state index contributed by atoms with van der Waals surface area (Å²) in [4.78, 5) is 10.7. The molecule has 94 valence electrons. The van der Waals surface area contributed by atoms with Crippen LogP contribution in [0.3, 0.4) is 0 Å². The standard InChI is InChI=1S/C15H22O2/c1-10-3-6-14-12(9-10)5-4-11(2)13(14)7-8-15(16)17/h4-5,7-8,10-14H,3,6,9H2,1-2H3,(H,16,17)/b8-7+/t10-,11+,12+,13+,14+/m1/s1. The zero-order valence-corrected chi connectivity index (χ0v) is 10.7. The second-order valence-electron chi connectivity index (χ2n) is 5.76. The van der Waals surface area contributed by atoms with E-state index in [1.165, 1.54) is 25.3 Å². The van der Waals surface area contributed by atoms with E-state index in [-0.39, 0.29) is 0 Å². The van der Waals surface area contributed by atoms with Crippen LogP contribution in [0.4, 0.5) is 0 Å². The Morgan fingerprint density at radius 1 is 1.29 bits per heavy atom. The molecule has 0 aromatic carbocycles. The van der Waals surface area contributed by atoms with Crippen LogP contribution in [0, 0.1) is 29.6 Å². The quantitative estimate of drug-likeness (QED) is 0.586. The number of rotatable bonds is 2. The SMILES string of the molecule is C[C@@H]1CC[C@@H]2[C@@H](/C=C/C(=O)O)[C@@H](C)C=C[C@H]2C1. The number of hydrogen-bond acceptors (Lipinski definition) is 1. The van der Waals surface area contributed by atoms with Gasteiger partial charge in [-0.15, -0.1) is 0 Å². The average Bonchev–Trinajstić information content (AvgIpc) is 2.27. The van der Waals surface area contributed by atoms with Crippen molar-refractivity contribution in [2.45, 2.75) is 33.1 Å². The van der Waals surface area contributed by atoms with Gasteiger partial charge in [0.2, 0.25) is 0 Å². The molecule has 0 saturated heterocycles. The third-order valence-corrected chi connectivity index (χ3v) is 4.44. The molecular weight excluding hydrogens is 212 g/mol. The molecule has 0 aromatic heterocycles. The van der Waals surface area contributed by atoms with Gasteiger partial charge in [-0.1, -0.05) is 38.5 Å². The zero-order chi connectivity index (χ0) is 12.4. The van der Waals surface area contributed by atoms with Gasteiger partial charge in [-0.05, 0) is 42.4 Å². The number of carboxylic acid groups (broad SMARTS) is 1. The third kappa shape index (κ3) is 2.80. The Balaban J connectivity index is 2.14. The molecule has 2 rings (SSSR count). The van der Waals surface area contributed by atoms with Gasteiger partial charge in [0.05, 0.1) is 0 Å². The van der Waals surface area contributed by atoms with Gasteiger partial charge in [0, 0.05) is 6.08 Å². The van der Waals surface area contributed by atoms with Crippen molar-refractivity contribution in [3.05, 3.63) is 24.3 Å². The van der Waals surface area contributed by atoms with Gasteiger partial charge in [0.1, 0.15) is 0 Å². The van der Waals surface area contributed by atoms with Crippen molar-refractivity contribution < 1.29 is 9.90 Å². The fourth-order valence-electron chi connectivity index (χ4n) is 3.50. The van der Waals surface area contributed by atoms with Crippen molar-refractivity contribution in [3.8, 4) is 0 Å². The third-order valence-electron chi connectivity index (χ3n) is 4.44. The summed E-state index contributed by atoms with van der Waals surface area (Å²) >= 11 is 0. The molecule has 0 aliphatic heterocycles. The molecule has 2 aliphatic carbocycles. The zero-order valence-electron chi connectivity index (χ0n) is 10.7. The number of fused-ring (bicyclic) bond motifs is 1. The summed E-state index contributed by atoms with van der Waals surface area (Å²) in [5, 5.41) is 8.76. The highest BCUT2D eigenvalue weighted by molar-refractivity contribution is 5.79. The predicted octanol–water partition coefficient (Wildman–Crippen LogP) is 3.50. The summed E-state index contributed by atoms with van der Waals surface area (Å²) in [6.07, 6.45) is 11.7. The number of hydrogen-bond donors (Lipinski definition) is 1. The van der Waals surface area contributed by atoms with Crippen molar-refractivity contribution in [2.75, 3.05) is 0 Å². The molecule has 0 aromatic rings. The van der Waals surface area contributed by atoms with E-state index in [4.69, 9.17) is 5.11 Å². The van der Waals surface area contributed by atoms with E-state index in [9.17, 15) is 4.79 Å². The van der Waals surface area contributed by atoms with Gasteiger partial charge in [0.25, 0.3) is 0 Å². The van der Waals surface area contributed by atoms with E-state index in [0.717, 1.165) is 5.92 Å². The smallest absolute Gasteiger partial charge is 0.327 e. The minimum atomic E-state index is -0.826. The Bertz CT molecular complexity index is 343. The highest BCUT2D eigenvalue weighted by Crippen LogP contribution is 2.45. The molecule has 0 bridgehead atoms. The first kappa shape index (κ1) is 12.4. The van der Waals surface area contributed by atoms with E-state index >= 15 is 0 Å². The summed E-state index contributed by atoms with van der Waals surface area (Å²) in [5.41, 5.74) is 0. The van der Waals surface area contributed by atoms with Crippen LogP contribution in [0.1, 0.15) is 33.1 Å². The first-order valence-corrected chi connectivity index (χ1v) is 6.67. The highest BCUT2D eigenvalue weighted by Gasteiger charge is 2.36. The van der Waals surface area contributed by atoms with E-state index in [1.54, 1.807) is 0 Å². The van der Waals surface area contributed by atoms with Crippen LogP contribution in [0.2, 0.25) is 0 Å². The molecule has 1 fully saturated rings. The Hall–Kier alpha value is -1.05. The molecular formula is C15H22O2. The maximum absolute atomic E-state index is 10.7. The summed E-state index contributed by atoms with van der Waals surface area (Å²) in [5.74, 6) is 2.19. The minimum absolute atomic E-state index is 0.411. The largest absolute Gasteiger partial charge is 0.478 e. The van der Waals surface area contributed by atoms with Crippen LogP contribution >= 0.6 is 0 Å². The highest BCUT2D eigenvalue weighted by atomic mass is 16.4. The summed E-state index contributed by atoms with van der Waals surface area (Å²) in [6, 6.07) is 0. The first-order valence-electron chi connectivity index (χ1n) is 6.67. The Kier molecular flexibility index (Phi) is 3.70. The van der Waals surface area contributed by atoms with E-state index in [1.807, 2.05) is 6.08 Å². The minimum Gasteiger partial charge on any atom is -0.478 e. The van der Waals surface area contributed by atoms with Crippen molar-refractivity contribution in [1.82, 2.24) is 0 Å². The van der Waals surface area contributed by atoms with Gasteiger partial charge < -0.3 is 5.11 Å². The summed E-state index contributed by atoms with van der Waals surface area (Å²) in [6.45, 7) is 4.52. The lowest BCUT2D eigenvalue weighted by molar-refractivity contribution is -0.131.